The maximum Gasteiger partial charge on any atom is 0.323 e. The Morgan fingerprint density at radius 1 is 1.69 bits per heavy atom. The molecule has 1 fully saturated rings. The van der Waals surface area contributed by atoms with E-state index >= 15 is 0 Å². The normalized spacial score (nSPS) is 17.5. The Bertz CT molecular complexity index is 215. The van der Waals surface area contributed by atoms with Crippen LogP contribution in [-0.2, 0) is 9.53 Å². The summed E-state index contributed by atoms with van der Waals surface area (Å²) in [4.78, 5) is 11.1. The molecule has 0 spiro atoms. The number of hydrogen-bond acceptors (Lipinski definition) is 3. The molecule has 0 bridgehead atoms. The topological polar surface area (TPSA) is 52.3 Å². The zero-order valence-electron chi connectivity index (χ0n) is 7.66. The lowest BCUT2D eigenvalue weighted by Gasteiger charge is -2.07. The predicted octanol–water partition coefficient (Wildman–Crippen LogP) is 0.680. The molecule has 0 aliphatic heterocycles. The van der Waals surface area contributed by atoms with Crippen molar-refractivity contribution in [2.75, 3.05) is 6.61 Å². The Hall–Kier alpha value is -1.01. The van der Waals surface area contributed by atoms with E-state index in [1.54, 1.807) is 0 Å². The number of carbonyl (C=O) groups is 1. The Labute approximate surface area is 78.6 Å². The number of hydrogen-bond donors (Lipinski definition) is 1. The number of esters is 1. The first-order chi connectivity index (χ1) is 6.24. The standard InChI is InChI=1S/C10H15NO2/c1-2-3-9(11)10(12)13-7-6-8-4-5-8/h1,8-9H,3-7,11H2. The van der Waals surface area contributed by atoms with Gasteiger partial charge in [0.2, 0.25) is 0 Å². The maximum atomic E-state index is 11.1. The van der Waals surface area contributed by atoms with Gasteiger partial charge in [0, 0.05) is 6.42 Å². The molecule has 13 heavy (non-hydrogen) atoms. The fourth-order valence-electron chi connectivity index (χ4n) is 1.05. The lowest BCUT2D eigenvalue weighted by Crippen LogP contribution is -2.32. The van der Waals surface area contributed by atoms with Crippen molar-refractivity contribution in [2.24, 2.45) is 11.7 Å². The maximum absolute atomic E-state index is 11.1. The average Bonchev–Trinajstić information content (AvgIpc) is 2.88. The quantitative estimate of drug-likeness (QED) is 0.501. The van der Waals surface area contributed by atoms with Gasteiger partial charge in [0.15, 0.2) is 0 Å². The minimum atomic E-state index is -0.649. The molecule has 0 amide bonds. The summed E-state index contributed by atoms with van der Waals surface area (Å²) in [5, 5.41) is 0. The molecule has 1 aliphatic rings. The fourth-order valence-corrected chi connectivity index (χ4v) is 1.05. The number of carbonyl (C=O) groups excluding carboxylic acids is 1. The average molecular weight is 181 g/mol. The molecule has 3 heteroatoms. The Morgan fingerprint density at radius 3 is 2.92 bits per heavy atom. The molecule has 0 radical (unpaired) electrons. The lowest BCUT2D eigenvalue weighted by atomic mass is 10.2. The van der Waals surface area contributed by atoms with E-state index in [0.717, 1.165) is 12.3 Å². The molecular weight excluding hydrogens is 166 g/mol. The van der Waals surface area contributed by atoms with Crippen molar-refractivity contribution in [1.82, 2.24) is 0 Å². The van der Waals surface area contributed by atoms with Gasteiger partial charge in [-0.1, -0.05) is 12.8 Å². The Kier molecular flexibility index (Phi) is 3.78. The summed E-state index contributed by atoms with van der Waals surface area (Å²) in [5.41, 5.74) is 5.44. The summed E-state index contributed by atoms with van der Waals surface area (Å²) in [6.07, 6.45) is 8.78. The van der Waals surface area contributed by atoms with E-state index in [2.05, 4.69) is 5.92 Å². The molecule has 1 atom stereocenters. The van der Waals surface area contributed by atoms with Crippen LogP contribution in [0.2, 0.25) is 0 Å². The third kappa shape index (κ3) is 3.95. The van der Waals surface area contributed by atoms with E-state index in [4.69, 9.17) is 16.9 Å². The van der Waals surface area contributed by atoms with Crippen molar-refractivity contribution in [1.29, 1.82) is 0 Å². The van der Waals surface area contributed by atoms with Gasteiger partial charge in [0.05, 0.1) is 6.61 Å². The highest BCUT2D eigenvalue weighted by Crippen LogP contribution is 2.32. The van der Waals surface area contributed by atoms with E-state index in [1.807, 2.05) is 0 Å². The van der Waals surface area contributed by atoms with Crippen LogP contribution in [0.1, 0.15) is 25.7 Å². The molecule has 1 aliphatic carbocycles. The molecule has 0 aromatic heterocycles. The number of nitrogens with two attached hydrogens (primary N) is 1. The van der Waals surface area contributed by atoms with Gasteiger partial charge in [-0.25, -0.2) is 0 Å². The monoisotopic (exact) mass is 181 g/mol. The Morgan fingerprint density at radius 2 is 2.38 bits per heavy atom. The highest BCUT2D eigenvalue weighted by atomic mass is 16.5. The largest absolute Gasteiger partial charge is 0.464 e. The second-order valence-corrected chi connectivity index (χ2v) is 3.41. The SMILES string of the molecule is C#CCC(N)C(=O)OCCC1CC1. The van der Waals surface area contributed by atoms with Crippen LogP contribution in [0.5, 0.6) is 0 Å². The summed E-state index contributed by atoms with van der Waals surface area (Å²) < 4.78 is 4.95. The van der Waals surface area contributed by atoms with Crippen molar-refractivity contribution >= 4 is 5.97 Å². The smallest absolute Gasteiger partial charge is 0.323 e. The highest BCUT2D eigenvalue weighted by Gasteiger charge is 2.22. The third-order valence-corrected chi connectivity index (χ3v) is 2.11. The van der Waals surface area contributed by atoms with Gasteiger partial charge in [-0.2, -0.15) is 0 Å². The van der Waals surface area contributed by atoms with Crippen LogP contribution < -0.4 is 5.73 Å². The minimum Gasteiger partial charge on any atom is -0.464 e. The molecule has 0 saturated heterocycles. The Balaban J connectivity index is 2.05. The fraction of sp³-hybridized carbons (Fsp3) is 0.700. The summed E-state index contributed by atoms with van der Waals surface area (Å²) in [5.74, 6) is 2.73. The molecule has 0 heterocycles. The molecule has 0 aromatic carbocycles. The molecular formula is C10H15NO2. The van der Waals surface area contributed by atoms with E-state index < -0.39 is 6.04 Å². The first-order valence-corrected chi connectivity index (χ1v) is 4.59. The summed E-state index contributed by atoms with van der Waals surface area (Å²) in [6.45, 7) is 0.488. The molecule has 72 valence electrons. The number of terminal acetylenes is 1. The first-order valence-electron chi connectivity index (χ1n) is 4.59. The van der Waals surface area contributed by atoms with Crippen LogP contribution in [0, 0.1) is 18.3 Å². The van der Waals surface area contributed by atoms with E-state index in [-0.39, 0.29) is 12.4 Å². The zero-order valence-corrected chi connectivity index (χ0v) is 7.66. The van der Waals surface area contributed by atoms with Crippen LogP contribution in [0.15, 0.2) is 0 Å². The van der Waals surface area contributed by atoms with E-state index in [0.29, 0.717) is 6.61 Å². The van der Waals surface area contributed by atoms with Crippen LogP contribution in [0.4, 0.5) is 0 Å². The number of ether oxygens (including phenoxy) is 1. The van der Waals surface area contributed by atoms with Gasteiger partial charge < -0.3 is 10.5 Å². The van der Waals surface area contributed by atoms with Crippen LogP contribution in [-0.4, -0.2) is 18.6 Å². The zero-order chi connectivity index (χ0) is 9.68. The number of rotatable bonds is 5. The van der Waals surface area contributed by atoms with E-state index in [1.165, 1.54) is 12.8 Å². The molecule has 0 aromatic rings. The second kappa shape index (κ2) is 4.88. The first kappa shape index (κ1) is 10.1. The molecule has 1 rings (SSSR count). The van der Waals surface area contributed by atoms with Gasteiger partial charge >= 0.3 is 5.97 Å². The summed E-state index contributed by atoms with van der Waals surface area (Å²) in [6, 6.07) is -0.649. The molecule has 2 N–H and O–H groups in total. The van der Waals surface area contributed by atoms with Gasteiger partial charge in [0.1, 0.15) is 6.04 Å². The van der Waals surface area contributed by atoms with Crippen molar-refractivity contribution < 1.29 is 9.53 Å². The third-order valence-electron chi connectivity index (χ3n) is 2.11. The predicted molar refractivity (Wildman–Crippen MR) is 49.7 cm³/mol. The van der Waals surface area contributed by atoms with Gasteiger partial charge in [-0.05, 0) is 12.3 Å². The summed E-state index contributed by atoms with van der Waals surface area (Å²) in [7, 11) is 0. The molecule has 3 nitrogen and oxygen atoms in total. The summed E-state index contributed by atoms with van der Waals surface area (Å²) >= 11 is 0. The van der Waals surface area contributed by atoms with Crippen LogP contribution in [0.25, 0.3) is 0 Å². The highest BCUT2D eigenvalue weighted by molar-refractivity contribution is 5.75. The van der Waals surface area contributed by atoms with Crippen molar-refractivity contribution in [3.63, 3.8) is 0 Å². The lowest BCUT2D eigenvalue weighted by molar-refractivity contribution is -0.145. The van der Waals surface area contributed by atoms with Crippen molar-refractivity contribution in [3.05, 3.63) is 0 Å². The second-order valence-electron chi connectivity index (χ2n) is 3.41. The van der Waals surface area contributed by atoms with Crippen LogP contribution >= 0.6 is 0 Å². The van der Waals surface area contributed by atoms with Gasteiger partial charge in [-0.15, -0.1) is 12.3 Å². The van der Waals surface area contributed by atoms with Gasteiger partial charge in [-0.3, -0.25) is 4.79 Å². The van der Waals surface area contributed by atoms with Crippen molar-refractivity contribution in [2.45, 2.75) is 31.7 Å². The molecule has 1 saturated carbocycles. The van der Waals surface area contributed by atoms with Crippen molar-refractivity contribution in [3.8, 4) is 12.3 Å². The van der Waals surface area contributed by atoms with E-state index in [9.17, 15) is 4.79 Å². The minimum absolute atomic E-state index is 0.252. The van der Waals surface area contributed by atoms with Crippen LogP contribution in [0.3, 0.4) is 0 Å². The van der Waals surface area contributed by atoms with Gasteiger partial charge in [0.25, 0.3) is 0 Å². The molecule has 1 unspecified atom stereocenters.